The molecule has 0 spiro atoms. The van der Waals surface area contributed by atoms with Crippen LogP contribution in [0.25, 0.3) is 0 Å². The minimum absolute atomic E-state index is 0.0756. The first-order valence-corrected chi connectivity index (χ1v) is 13.4. The lowest BCUT2D eigenvalue weighted by Gasteiger charge is -2.24. The van der Waals surface area contributed by atoms with Crippen molar-refractivity contribution in [1.82, 2.24) is 10.3 Å². The first-order chi connectivity index (χ1) is 18.2. The largest absolute Gasteiger partial charge is 0.348 e. The molecule has 0 aliphatic heterocycles. The summed E-state index contributed by atoms with van der Waals surface area (Å²) in [5.41, 5.74) is 3.59. The van der Waals surface area contributed by atoms with Crippen molar-refractivity contribution in [3.05, 3.63) is 120 Å². The number of benzene rings is 3. The number of rotatable bonds is 9. The second-order valence-corrected chi connectivity index (χ2v) is 10.7. The van der Waals surface area contributed by atoms with Crippen LogP contribution in [0.4, 0.5) is 11.4 Å². The average Bonchev–Trinajstić information content (AvgIpc) is 2.92. The Kier molecular flexibility index (Phi) is 8.18. The van der Waals surface area contributed by atoms with E-state index in [2.05, 4.69) is 15.6 Å². The van der Waals surface area contributed by atoms with Crippen LogP contribution in [0.15, 0.2) is 102 Å². The fourth-order valence-corrected chi connectivity index (χ4v) is 5.18. The predicted molar refractivity (Wildman–Crippen MR) is 147 cm³/mol. The third-order valence-electron chi connectivity index (χ3n) is 5.84. The Bertz CT molecular complexity index is 1520. The molecule has 0 atom stereocenters. The van der Waals surface area contributed by atoms with Crippen molar-refractivity contribution < 1.29 is 18.0 Å². The molecule has 194 valence electrons. The molecule has 0 aliphatic rings. The molecule has 0 saturated carbocycles. The van der Waals surface area contributed by atoms with Crippen LogP contribution in [0.1, 0.15) is 27.0 Å². The van der Waals surface area contributed by atoms with Gasteiger partial charge in [0.2, 0.25) is 5.91 Å². The molecular formula is C29H28N4O4S. The number of hydrogen-bond donors (Lipinski definition) is 2. The molecule has 0 radical (unpaired) electrons. The molecule has 0 bridgehead atoms. The fourth-order valence-electron chi connectivity index (χ4n) is 3.75. The van der Waals surface area contributed by atoms with Crippen LogP contribution in [-0.2, 0) is 21.4 Å². The molecule has 0 fully saturated rings. The van der Waals surface area contributed by atoms with Gasteiger partial charge in [-0.25, -0.2) is 8.42 Å². The first kappa shape index (κ1) is 26.6. The molecule has 9 heteroatoms. The normalized spacial score (nSPS) is 11.0. The molecule has 38 heavy (non-hydrogen) atoms. The number of nitrogens with zero attached hydrogens (tertiary/aromatic N) is 2. The molecule has 0 unspecified atom stereocenters. The number of anilines is 2. The van der Waals surface area contributed by atoms with E-state index in [-0.39, 0.29) is 28.6 Å². The Morgan fingerprint density at radius 2 is 1.50 bits per heavy atom. The number of aryl methyl sites for hydroxylation is 2. The molecule has 8 nitrogen and oxygen atoms in total. The van der Waals surface area contributed by atoms with E-state index >= 15 is 0 Å². The van der Waals surface area contributed by atoms with E-state index in [0.29, 0.717) is 5.69 Å². The van der Waals surface area contributed by atoms with E-state index in [1.54, 1.807) is 79.1 Å². The highest BCUT2D eigenvalue weighted by Crippen LogP contribution is 2.25. The van der Waals surface area contributed by atoms with Gasteiger partial charge in [-0.1, -0.05) is 53.6 Å². The second kappa shape index (κ2) is 11.7. The molecule has 1 aromatic heterocycles. The van der Waals surface area contributed by atoms with Crippen molar-refractivity contribution in [3.8, 4) is 0 Å². The zero-order valence-electron chi connectivity index (χ0n) is 21.1. The Balaban J connectivity index is 1.56. The van der Waals surface area contributed by atoms with Gasteiger partial charge in [-0.15, -0.1) is 0 Å². The van der Waals surface area contributed by atoms with Crippen molar-refractivity contribution in [2.75, 3.05) is 16.2 Å². The minimum atomic E-state index is -4.05. The molecule has 0 aliphatic carbocycles. The third-order valence-corrected chi connectivity index (χ3v) is 7.63. The Morgan fingerprint density at radius 3 is 2.16 bits per heavy atom. The van der Waals surface area contributed by atoms with E-state index < -0.39 is 22.5 Å². The third kappa shape index (κ3) is 6.43. The molecule has 4 aromatic rings. The van der Waals surface area contributed by atoms with Crippen molar-refractivity contribution in [2.24, 2.45) is 0 Å². The molecule has 4 rings (SSSR count). The number of carbonyl (C=O) groups is 2. The first-order valence-electron chi connectivity index (χ1n) is 12.0. The number of sulfonamides is 1. The minimum Gasteiger partial charge on any atom is -0.348 e. The van der Waals surface area contributed by atoms with Gasteiger partial charge in [0.05, 0.1) is 21.8 Å². The van der Waals surface area contributed by atoms with Gasteiger partial charge in [0.1, 0.15) is 6.54 Å². The maximum atomic E-state index is 13.6. The van der Waals surface area contributed by atoms with Crippen molar-refractivity contribution >= 4 is 33.2 Å². The number of hydrogen-bond acceptors (Lipinski definition) is 5. The highest BCUT2D eigenvalue weighted by atomic mass is 32.2. The van der Waals surface area contributed by atoms with Crippen molar-refractivity contribution in [3.63, 3.8) is 0 Å². The molecule has 1 heterocycles. The van der Waals surface area contributed by atoms with Crippen LogP contribution in [0.2, 0.25) is 0 Å². The number of nitrogens with one attached hydrogen (secondary N) is 2. The van der Waals surface area contributed by atoms with Crippen LogP contribution < -0.4 is 14.9 Å². The summed E-state index contributed by atoms with van der Waals surface area (Å²) in [6.07, 6.45) is 3.30. The molecule has 3 aromatic carbocycles. The number of aromatic nitrogens is 1. The van der Waals surface area contributed by atoms with Gasteiger partial charge in [-0.3, -0.25) is 18.9 Å². The number of amides is 2. The van der Waals surface area contributed by atoms with E-state index in [1.165, 1.54) is 12.1 Å². The van der Waals surface area contributed by atoms with E-state index in [1.807, 2.05) is 19.9 Å². The Labute approximate surface area is 222 Å². The zero-order valence-corrected chi connectivity index (χ0v) is 21.9. The summed E-state index contributed by atoms with van der Waals surface area (Å²) in [5, 5.41) is 5.53. The predicted octanol–water partition coefficient (Wildman–Crippen LogP) is 4.46. The smallest absolute Gasteiger partial charge is 0.264 e. The van der Waals surface area contributed by atoms with Crippen LogP contribution in [0.5, 0.6) is 0 Å². The second-order valence-electron chi connectivity index (χ2n) is 8.80. The van der Waals surface area contributed by atoms with Gasteiger partial charge in [0, 0.05) is 18.9 Å². The van der Waals surface area contributed by atoms with Gasteiger partial charge >= 0.3 is 0 Å². The maximum absolute atomic E-state index is 13.6. The maximum Gasteiger partial charge on any atom is 0.264 e. The Hall–Kier alpha value is -4.50. The van der Waals surface area contributed by atoms with Gasteiger partial charge in [-0.05, 0) is 61.9 Å². The summed E-state index contributed by atoms with van der Waals surface area (Å²) in [6.45, 7) is 3.55. The van der Waals surface area contributed by atoms with Gasteiger partial charge in [-0.2, -0.15) is 0 Å². The quantitative estimate of drug-likeness (QED) is 0.333. The number of carbonyl (C=O) groups excluding carboxylic acids is 2. The van der Waals surface area contributed by atoms with Gasteiger partial charge in [0.15, 0.2) is 0 Å². The highest BCUT2D eigenvalue weighted by Gasteiger charge is 2.27. The van der Waals surface area contributed by atoms with Crippen LogP contribution in [0, 0.1) is 13.8 Å². The lowest BCUT2D eigenvalue weighted by atomic mass is 10.1. The summed E-state index contributed by atoms with van der Waals surface area (Å²) < 4.78 is 28.2. The van der Waals surface area contributed by atoms with E-state index in [4.69, 9.17) is 0 Å². The number of pyridine rings is 1. The molecule has 2 N–H and O–H groups in total. The summed E-state index contributed by atoms with van der Waals surface area (Å²) in [6, 6.07) is 23.5. The molecule has 0 saturated heterocycles. The lowest BCUT2D eigenvalue weighted by Crippen LogP contribution is -2.38. The highest BCUT2D eigenvalue weighted by molar-refractivity contribution is 7.92. The SMILES string of the molecule is Cc1ccc(N(CC(=O)Nc2ccccc2C(=O)NCc2cccnc2)S(=O)(=O)c2ccc(C)cc2)cc1. The Morgan fingerprint density at radius 1 is 0.842 bits per heavy atom. The molecular weight excluding hydrogens is 500 g/mol. The number of para-hydroxylation sites is 1. The summed E-state index contributed by atoms with van der Waals surface area (Å²) in [5.74, 6) is -0.971. The monoisotopic (exact) mass is 528 g/mol. The summed E-state index contributed by atoms with van der Waals surface area (Å²) >= 11 is 0. The van der Waals surface area contributed by atoms with Crippen molar-refractivity contribution in [1.29, 1.82) is 0 Å². The molecule has 2 amide bonds. The summed E-state index contributed by atoms with van der Waals surface area (Å²) in [7, 11) is -4.05. The van der Waals surface area contributed by atoms with E-state index in [9.17, 15) is 18.0 Å². The van der Waals surface area contributed by atoms with Crippen molar-refractivity contribution in [2.45, 2.75) is 25.3 Å². The standard InChI is InChI=1S/C29H28N4O4S/c1-21-9-13-24(14-10-21)33(38(36,37)25-15-11-22(2)12-16-25)20-28(34)32-27-8-4-3-7-26(27)29(35)31-19-23-6-5-17-30-18-23/h3-18H,19-20H2,1-2H3,(H,31,35)(H,32,34). The van der Waals surface area contributed by atoms with E-state index in [0.717, 1.165) is 21.0 Å². The topological polar surface area (TPSA) is 108 Å². The van der Waals surface area contributed by atoms with Gasteiger partial charge in [0.25, 0.3) is 15.9 Å². The average molecular weight is 529 g/mol. The van der Waals surface area contributed by atoms with Crippen LogP contribution in [0.3, 0.4) is 0 Å². The lowest BCUT2D eigenvalue weighted by molar-refractivity contribution is -0.114. The summed E-state index contributed by atoms with van der Waals surface area (Å²) in [4.78, 5) is 30.2. The van der Waals surface area contributed by atoms with Gasteiger partial charge < -0.3 is 10.6 Å². The zero-order chi connectivity index (χ0) is 27.1. The van der Waals surface area contributed by atoms with Crippen LogP contribution >= 0.6 is 0 Å². The van der Waals surface area contributed by atoms with Crippen LogP contribution in [-0.4, -0.2) is 31.8 Å². The fraction of sp³-hybridized carbons (Fsp3) is 0.138.